The number of piperazine rings is 1. The first-order valence-electron chi connectivity index (χ1n) is 22.6. The summed E-state index contributed by atoms with van der Waals surface area (Å²) in [5.74, 6) is -4.12. The molecule has 21 nitrogen and oxygen atoms in total. The number of benzene rings is 2. The lowest BCUT2D eigenvalue weighted by Crippen LogP contribution is -2.53. The second-order valence-electron chi connectivity index (χ2n) is 17.2. The largest absolute Gasteiger partial charge is 0.493 e. The fraction of sp³-hybridized carbons (Fsp3) is 0.568. The first-order chi connectivity index (χ1) is 31.7. The molecule has 4 heterocycles. The Labute approximate surface area is 383 Å². The summed E-state index contributed by atoms with van der Waals surface area (Å²) in [4.78, 5) is 92.6. The molecule has 1 aromatic heterocycles. The number of nitrogens with one attached hydrogen (secondary N) is 1. The van der Waals surface area contributed by atoms with Crippen molar-refractivity contribution in [2.24, 2.45) is 0 Å². The minimum Gasteiger partial charge on any atom is -0.493 e. The van der Waals surface area contributed by atoms with E-state index < -0.39 is 48.8 Å². The average molecular weight is 920 g/mol. The maximum absolute atomic E-state index is 13.7. The molecule has 0 radical (unpaired) electrons. The van der Waals surface area contributed by atoms with Crippen LogP contribution in [-0.4, -0.2) is 244 Å². The van der Waals surface area contributed by atoms with E-state index in [2.05, 4.69) is 15.2 Å². The predicted octanol–water partition coefficient (Wildman–Crippen LogP) is -1.10. The van der Waals surface area contributed by atoms with Crippen LogP contribution in [-0.2, 0) is 24.0 Å². The zero-order valence-corrected chi connectivity index (χ0v) is 37.5. The number of ether oxygens (including phenoxy) is 1. The van der Waals surface area contributed by atoms with Gasteiger partial charge in [0.05, 0.1) is 49.8 Å². The van der Waals surface area contributed by atoms with Crippen molar-refractivity contribution in [2.75, 3.05) is 124 Å². The third kappa shape index (κ3) is 13.8. The molecular weight excluding hydrogens is 857 g/mol. The van der Waals surface area contributed by atoms with Gasteiger partial charge in [0.2, 0.25) is 11.8 Å². The van der Waals surface area contributed by atoms with Gasteiger partial charge >= 0.3 is 25.0 Å². The van der Waals surface area contributed by atoms with E-state index in [1.165, 1.54) is 4.90 Å². The number of carboxylic acid groups (broad SMARTS) is 3. The van der Waals surface area contributed by atoms with E-state index in [1.54, 1.807) is 40.0 Å². The van der Waals surface area contributed by atoms with Crippen LogP contribution in [0.2, 0.25) is 0 Å². The Morgan fingerprint density at radius 1 is 0.712 bits per heavy atom. The Balaban J connectivity index is 1.02. The van der Waals surface area contributed by atoms with Gasteiger partial charge in [0.1, 0.15) is 11.8 Å². The predicted molar refractivity (Wildman–Crippen MR) is 243 cm³/mol. The number of nitrogens with zero attached hydrogens (tertiary/aromatic N) is 8. The van der Waals surface area contributed by atoms with Crippen LogP contribution < -0.4 is 10.1 Å². The van der Waals surface area contributed by atoms with Gasteiger partial charge in [-0.15, -0.1) is 0 Å². The van der Waals surface area contributed by atoms with E-state index in [0.29, 0.717) is 140 Å². The lowest BCUT2D eigenvalue weighted by molar-refractivity contribution is -0.141. The lowest BCUT2D eigenvalue weighted by Gasteiger charge is -2.37. The van der Waals surface area contributed by atoms with Gasteiger partial charge < -0.3 is 45.2 Å². The molecule has 3 aliphatic heterocycles. The third-order valence-electron chi connectivity index (χ3n) is 12.6. The van der Waals surface area contributed by atoms with Crippen LogP contribution in [0.5, 0.6) is 5.75 Å². The third-order valence-corrected chi connectivity index (χ3v) is 12.6. The summed E-state index contributed by atoms with van der Waals surface area (Å²) in [6, 6.07) is 10.1. The summed E-state index contributed by atoms with van der Waals surface area (Å²) in [6.45, 7) is 7.34. The van der Waals surface area contributed by atoms with Crippen LogP contribution in [0.4, 0.5) is 0 Å². The highest BCUT2D eigenvalue weighted by Crippen LogP contribution is 2.34. The molecule has 0 saturated carbocycles. The van der Waals surface area contributed by atoms with Crippen molar-refractivity contribution in [1.29, 1.82) is 0 Å². The first kappa shape index (κ1) is 49.9. The molecule has 6 rings (SSSR count). The van der Waals surface area contributed by atoms with Gasteiger partial charge in [0, 0.05) is 114 Å². The molecule has 6 N–H and O–H groups in total. The Kier molecular flexibility index (Phi) is 18.0. The number of aromatic nitrogens is 1. The van der Waals surface area contributed by atoms with E-state index in [9.17, 15) is 54.1 Å². The number of carboxylic acids is 3. The molecular formula is C44H62BN9O12. The molecule has 3 aliphatic rings. The average Bonchev–Trinajstić information content (AvgIpc) is 3.78. The number of carbonyl (C=O) groups is 6. The Bertz CT molecular complexity index is 2160. The number of aliphatic carboxylic acids is 3. The van der Waals surface area contributed by atoms with E-state index in [4.69, 9.17) is 4.74 Å². The van der Waals surface area contributed by atoms with Crippen LogP contribution in [0.25, 0.3) is 21.7 Å². The van der Waals surface area contributed by atoms with Gasteiger partial charge in [-0.05, 0) is 38.3 Å². The molecule has 3 fully saturated rings. The summed E-state index contributed by atoms with van der Waals surface area (Å²) in [6.07, 6.45) is 3.34. The van der Waals surface area contributed by atoms with Crippen molar-refractivity contribution in [3.05, 3.63) is 48.2 Å². The standard InChI is InChI=1S/C44H62BN9O12/c1-31(44(63)54-12-4-8-37(54)45(64)65)47-43(62)34-9-10-46-42-33-7-3-2-6-32(33)36(26-35(34)42)66-25-5-11-48-21-23-53(24-22-48)38(55)27-49-13-15-50(28-39(56)57)17-19-52(30-41(60)61)20-18-51(16-14-49)29-40(58)59/h2-3,6-7,9-10,26,31,37,64-65H,4-5,8,11-25,27-30H2,1H3,(H,47,62)(H,56,57)(H,58,59)(H,60,61)/t31-,37+/m1/s1. The summed E-state index contributed by atoms with van der Waals surface area (Å²) in [5.41, 5.74) is 0.923. The molecule has 0 spiro atoms. The number of hydrogen-bond acceptors (Lipinski definition) is 15. The number of fused-ring (bicyclic) bond motifs is 3. The number of amides is 3. The maximum atomic E-state index is 13.7. The summed E-state index contributed by atoms with van der Waals surface area (Å²) in [5, 5.41) is 53.0. The van der Waals surface area contributed by atoms with Crippen molar-refractivity contribution < 1.29 is 58.9 Å². The van der Waals surface area contributed by atoms with Crippen LogP contribution in [0.3, 0.4) is 0 Å². The van der Waals surface area contributed by atoms with Gasteiger partial charge in [-0.2, -0.15) is 0 Å². The lowest BCUT2D eigenvalue weighted by atomic mass is 9.78. The summed E-state index contributed by atoms with van der Waals surface area (Å²) < 4.78 is 6.38. The van der Waals surface area contributed by atoms with E-state index >= 15 is 0 Å². The minimum absolute atomic E-state index is 0.0687. The molecule has 3 saturated heterocycles. The second-order valence-corrected chi connectivity index (χ2v) is 17.2. The highest BCUT2D eigenvalue weighted by atomic mass is 16.5. The molecule has 358 valence electrons. The Morgan fingerprint density at radius 2 is 1.24 bits per heavy atom. The fourth-order valence-electron chi connectivity index (χ4n) is 8.99. The molecule has 0 bridgehead atoms. The van der Waals surface area contributed by atoms with Gasteiger partial charge in [-0.3, -0.25) is 58.3 Å². The highest BCUT2D eigenvalue weighted by Gasteiger charge is 2.39. The van der Waals surface area contributed by atoms with Crippen molar-refractivity contribution in [3.8, 4) is 5.75 Å². The van der Waals surface area contributed by atoms with Gasteiger partial charge in [-0.25, -0.2) is 0 Å². The first-order valence-corrected chi connectivity index (χ1v) is 22.6. The molecule has 2 atom stereocenters. The number of likely N-dealkylation sites (tertiary alicyclic amines) is 1. The number of pyridine rings is 1. The molecule has 0 unspecified atom stereocenters. The van der Waals surface area contributed by atoms with Crippen LogP contribution in [0.15, 0.2) is 42.6 Å². The van der Waals surface area contributed by atoms with Gasteiger partial charge in [-0.1, -0.05) is 24.3 Å². The van der Waals surface area contributed by atoms with E-state index in [0.717, 1.165) is 10.8 Å². The zero-order valence-electron chi connectivity index (χ0n) is 37.5. The summed E-state index contributed by atoms with van der Waals surface area (Å²) in [7, 11) is -1.66. The van der Waals surface area contributed by atoms with Crippen LogP contribution >= 0.6 is 0 Å². The zero-order chi connectivity index (χ0) is 47.3. The quantitative estimate of drug-likeness (QED) is 0.0533. The van der Waals surface area contributed by atoms with Crippen LogP contribution in [0.1, 0.15) is 36.5 Å². The van der Waals surface area contributed by atoms with Gasteiger partial charge in [0.25, 0.3) is 5.91 Å². The molecule has 22 heteroatoms. The van der Waals surface area contributed by atoms with Crippen molar-refractivity contribution in [3.63, 3.8) is 0 Å². The van der Waals surface area contributed by atoms with E-state index in [-0.39, 0.29) is 32.1 Å². The highest BCUT2D eigenvalue weighted by molar-refractivity contribution is 6.43. The molecule has 2 aromatic carbocycles. The van der Waals surface area contributed by atoms with Crippen molar-refractivity contribution in [1.82, 2.24) is 44.6 Å². The van der Waals surface area contributed by atoms with Crippen molar-refractivity contribution >= 4 is 64.4 Å². The normalized spacial score (nSPS) is 19.5. The number of hydrogen-bond donors (Lipinski definition) is 6. The molecule has 66 heavy (non-hydrogen) atoms. The molecule has 3 aromatic rings. The number of carbonyl (C=O) groups excluding carboxylic acids is 3. The Morgan fingerprint density at radius 3 is 1.79 bits per heavy atom. The molecule has 0 aliphatic carbocycles. The second kappa shape index (κ2) is 23.8. The van der Waals surface area contributed by atoms with Crippen LogP contribution in [0, 0.1) is 0 Å². The Hall–Kier alpha value is -5.49. The number of rotatable bonds is 17. The summed E-state index contributed by atoms with van der Waals surface area (Å²) >= 11 is 0. The SMILES string of the molecule is C[C@@H](NC(=O)c1ccnc2c1cc(OCCCN1CCN(C(=O)CN3CCN(CC(=O)O)CCN(CC(=O)O)CCN(CC(=O)O)CC3)CC1)c1ccccc12)C(=O)N1CCC[C@H]1B(O)O. The topological polar surface area (TPSA) is 260 Å². The van der Waals surface area contributed by atoms with Crippen molar-refractivity contribution in [2.45, 2.75) is 38.2 Å². The maximum Gasteiger partial charge on any atom is 0.475 e. The van der Waals surface area contributed by atoms with E-state index in [1.807, 2.05) is 34.1 Å². The smallest absolute Gasteiger partial charge is 0.475 e. The fourth-order valence-corrected chi connectivity index (χ4v) is 8.99. The minimum atomic E-state index is -1.66. The monoisotopic (exact) mass is 919 g/mol. The molecule has 3 amide bonds. The van der Waals surface area contributed by atoms with Gasteiger partial charge in [0.15, 0.2) is 0 Å².